The molecule has 3 atom stereocenters. The fraction of sp³-hybridized carbons (Fsp3) is 0.500. The number of carbonyl (C=O) groups is 1. The second-order valence-electron chi connectivity index (χ2n) is 10.6. The molecule has 0 saturated carbocycles. The van der Waals surface area contributed by atoms with E-state index in [1.807, 2.05) is 6.92 Å². The molecule has 1 amide bonds. The van der Waals surface area contributed by atoms with E-state index in [9.17, 15) is 26.7 Å². The molecule has 3 heterocycles. The third-order valence-corrected chi connectivity index (χ3v) is 10.5. The monoisotopic (exact) mass is 624 g/mol. The SMILES string of the molecule is Cc1noc(C)c1S(=O)(=O)N(C)C[C@@H]1Oc2ccc(NS(=O)(=O)c3cn(C)cn3)cc2CC(=O)N([C@H](C)CO)C[C@H]1C. The number of nitrogens with one attached hydrogen (secondary N) is 1. The number of carbonyl (C=O) groups excluding carboxylic acids is 1. The Hall–Kier alpha value is -3.47. The molecule has 1 aliphatic rings. The molecule has 2 aromatic heterocycles. The van der Waals surface area contributed by atoms with Gasteiger partial charge in [-0.25, -0.2) is 13.4 Å². The molecule has 3 aromatic rings. The number of aliphatic hydroxyl groups excluding tert-OH is 1. The quantitative estimate of drug-likeness (QED) is 0.353. The Labute approximate surface area is 245 Å². The molecular weight excluding hydrogens is 588 g/mol. The lowest BCUT2D eigenvalue weighted by molar-refractivity contribution is -0.134. The van der Waals surface area contributed by atoms with Crippen LogP contribution in [0.25, 0.3) is 0 Å². The number of aliphatic hydroxyl groups is 1. The van der Waals surface area contributed by atoms with Gasteiger partial charge in [-0.3, -0.25) is 9.52 Å². The molecule has 0 saturated heterocycles. The van der Waals surface area contributed by atoms with Crippen molar-refractivity contribution in [3.05, 3.63) is 47.7 Å². The third kappa shape index (κ3) is 6.45. The van der Waals surface area contributed by atoms with Crippen LogP contribution in [0, 0.1) is 19.8 Å². The van der Waals surface area contributed by atoms with Crippen molar-refractivity contribution in [2.24, 2.45) is 13.0 Å². The number of benzene rings is 1. The predicted octanol–water partition coefficient (Wildman–Crippen LogP) is 1.30. The molecule has 2 N–H and O–H groups in total. The van der Waals surface area contributed by atoms with Gasteiger partial charge in [0.25, 0.3) is 10.0 Å². The number of likely N-dealkylation sites (N-methyl/N-ethyl adjacent to an activating group) is 1. The van der Waals surface area contributed by atoms with Crippen molar-refractivity contribution in [1.82, 2.24) is 23.9 Å². The highest BCUT2D eigenvalue weighted by atomic mass is 32.2. The van der Waals surface area contributed by atoms with Gasteiger partial charge in [-0.05, 0) is 39.0 Å². The molecule has 4 rings (SSSR count). The first kappa shape index (κ1) is 31.5. The summed E-state index contributed by atoms with van der Waals surface area (Å²) in [6.45, 7) is 6.47. The third-order valence-electron chi connectivity index (χ3n) is 7.20. The van der Waals surface area contributed by atoms with Crippen LogP contribution in [0.3, 0.4) is 0 Å². The van der Waals surface area contributed by atoms with Crippen molar-refractivity contribution >= 4 is 31.6 Å². The summed E-state index contributed by atoms with van der Waals surface area (Å²) < 4.78 is 69.2. The summed E-state index contributed by atoms with van der Waals surface area (Å²) >= 11 is 0. The number of nitrogens with zero attached hydrogens (tertiary/aromatic N) is 5. The summed E-state index contributed by atoms with van der Waals surface area (Å²) in [6, 6.07) is 4.04. The molecule has 1 aromatic carbocycles. The highest BCUT2D eigenvalue weighted by Crippen LogP contribution is 2.31. The topological polar surface area (TPSA) is 177 Å². The molecule has 42 heavy (non-hydrogen) atoms. The van der Waals surface area contributed by atoms with Crippen LogP contribution >= 0.6 is 0 Å². The first-order valence-electron chi connectivity index (χ1n) is 13.2. The zero-order valence-corrected chi connectivity index (χ0v) is 25.9. The van der Waals surface area contributed by atoms with E-state index in [-0.39, 0.29) is 65.0 Å². The number of fused-ring (bicyclic) bond motifs is 1. The molecule has 16 heteroatoms. The van der Waals surface area contributed by atoms with Crippen LogP contribution in [0.5, 0.6) is 5.75 Å². The molecule has 14 nitrogen and oxygen atoms in total. The Morgan fingerprint density at radius 1 is 1.24 bits per heavy atom. The largest absolute Gasteiger partial charge is 0.488 e. The maximum Gasteiger partial charge on any atom is 0.280 e. The Bertz CT molecular complexity index is 1650. The molecule has 0 bridgehead atoms. The molecule has 0 spiro atoms. The smallest absolute Gasteiger partial charge is 0.280 e. The number of hydrogen-bond donors (Lipinski definition) is 2. The minimum absolute atomic E-state index is 0.0170. The second kappa shape index (κ2) is 12.0. The molecule has 0 aliphatic carbocycles. The van der Waals surface area contributed by atoms with Crippen LogP contribution in [0.1, 0.15) is 30.9 Å². The minimum atomic E-state index is -4.00. The van der Waals surface area contributed by atoms with E-state index in [4.69, 9.17) is 9.26 Å². The molecule has 1 aliphatic heterocycles. The average Bonchev–Trinajstić information content (AvgIpc) is 3.52. The average molecular weight is 625 g/mol. The lowest BCUT2D eigenvalue weighted by atomic mass is 10.0. The van der Waals surface area contributed by atoms with Crippen molar-refractivity contribution in [3.8, 4) is 5.75 Å². The molecule has 0 unspecified atom stereocenters. The normalized spacial score (nSPS) is 19.0. The molecule has 0 fully saturated rings. The van der Waals surface area contributed by atoms with Crippen molar-refractivity contribution in [1.29, 1.82) is 0 Å². The lowest BCUT2D eigenvalue weighted by Gasteiger charge is -2.33. The maximum absolute atomic E-state index is 13.5. The number of rotatable bonds is 9. The van der Waals surface area contributed by atoms with Gasteiger partial charge < -0.3 is 23.8 Å². The van der Waals surface area contributed by atoms with Gasteiger partial charge >= 0.3 is 0 Å². The first-order chi connectivity index (χ1) is 19.6. The zero-order valence-electron chi connectivity index (χ0n) is 24.3. The number of hydrogen-bond acceptors (Lipinski definition) is 10. The van der Waals surface area contributed by atoms with E-state index in [1.54, 1.807) is 27.0 Å². The van der Waals surface area contributed by atoms with E-state index < -0.39 is 32.2 Å². The summed E-state index contributed by atoms with van der Waals surface area (Å²) in [5.41, 5.74) is 0.827. The number of imidazole rings is 1. The van der Waals surface area contributed by atoms with E-state index >= 15 is 0 Å². The van der Waals surface area contributed by atoms with Gasteiger partial charge in [0.05, 0.1) is 31.9 Å². The summed E-state index contributed by atoms with van der Waals surface area (Å²) in [5, 5.41) is 13.5. The molecule has 230 valence electrons. The Kier molecular flexibility index (Phi) is 9.01. The van der Waals surface area contributed by atoms with E-state index in [0.29, 0.717) is 11.3 Å². The highest BCUT2D eigenvalue weighted by molar-refractivity contribution is 7.92. The van der Waals surface area contributed by atoms with Crippen LogP contribution < -0.4 is 9.46 Å². The van der Waals surface area contributed by atoms with Crippen LogP contribution in [-0.4, -0.2) is 90.7 Å². The molecule has 0 radical (unpaired) electrons. The van der Waals surface area contributed by atoms with Crippen LogP contribution in [0.2, 0.25) is 0 Å². The van der Waals surface area contributed by atoms with Crippen LogP contribution in [0.15, 0.2) is 45.2 Å². The lowest BCUT2D eigenvalue weighted by Crippen LogP contribution is -2.48. The van der Waals surface area contributed by atoms with Gasteiger partial charge in [-0.15, -0.1) is 0 Å². The number of sulfonamides is 2. The predicted molar refractivity (Wildman–Crippen MR) is 152 cm³/mol. The van der Waals surface area contributed by atoms with Crippen molar-refractivity contribution in [2.45, 2.75) is 56.2 Å². The summed E-state index contributed by atoms with van der Waals surface area (Å²) in [4.78, 5) is 18.9. The fourth-order valence-corrected chi connectivity index (χ4v) is 7.29. The fourth-order valence-electron chi connectivity index (χ4n) is 4.80. The van der Waals surface area contributed by atoms with Crippen LogP contribution in [-0.2, 0) is 38.3 Å². The number of aryl methyl sites for hydroxylation is 3. The Morgan fingerprint density at radius 3 is 2.55 bits per heavy atom. The van der Waals surface area contributed by atoms with Gasteiger partial charge in [-0.1, -0.05) is 12.1 Å². The van der Waals surface area contributed by atoms with Crippen LogP contribution in [0.4, 0.5) is 5.69 Å². The summed E-state index contributed by atoms with van der Waals surface area (Å²) in [5.74, 6) is -0.182. The summed E-state index contributed by atoms with van der Waals surface area (Å²) in [6.07, 6.45) is 1.87. The highest BCUT2D eigenvalue weighted by Gasteiger charge is 2.35. The van der Waals surface area contributed by atoms with Gasteiger partial charge in [-0.2, -0.15) is 12.7 Å². The minimum Gasteiger partial charge on any atom is -0.488 e. The van der Waals surface area contributed by atoms with Crippen molar-refractivity contribution < 1.29 is 36.0 Å². The molecular formula is C26H36N6O8S2. The summed E-state index contributed by atoms with van der Waals surface area (Å²) in [7, 11) is -4.91. The number of anilines is 1. The van der Waals surface area contributed by atoms with E-state index in [2.05, 4.69) is 14.9 Å². The standard InChI is InChI=1S/C26H36N6O8S2/c1-16-11-32(17(2)14-33)25(34)10-20-9-21(29-41(35,36)24-13-30(5)15-27-24)7-8-22(20)39-23(16)12-31(6)42(37,38)26-18(3)28-40-19(26)4/h7-9,13,15-17,23,29,33H,10-12,14H2,1-6H3/t16-,17-,23+/m1/s1. The number of aromatic nitrogens is 3. The second-order valence-corrected chi connectivity index (χ2v) is 14.2. The van der Waals surface area contributed by atoms with Gasteiger partial charge in [0.15, 0.2) is 10.8 Å². The zero-order chi connectivity index (χ0) is 31.0. The first-order valence-corrected chi connectivity index (χ1v) is 16.2. The van der Waals surface area contributed by atoms with Gasteiger partial charge in [0.2, 0.25) is 15.9 Å². The maximum atomic E-state index is 13.5. The number of ether oxygens (including phenoxy) is 1. The van der Waals surface area contributed by atoms with E-state index in [1.165, 1.54) is 48.1 Å². The van der Waals surface area contributed by atoms with Crippen molar-refractivity contribution in [3.63, 3.8) is 0 Å². The van der Waals surface area contributed by atoms with Gasteiger partial charge in [0.1, 0.15) is 22.4 Å². The Morgan fingerprint density at radius 2 is 1.95 bits per heavy atom. The van der Waals surface area contributed by atoms with E-state index in [0.717, 1.165) is 4.31 Å². The van der Waals surface area contributed by atoms with Gasteiger partial charge in [0, 0.05) is 44.0 Å². The number of amides is 1. The van der Waals surface area contributed by atoms with Crippen molar-refractivity contribution in [2.75, 3.05) is 31.5 Å². The Balaban J connectivity index is 1.70.